The number of hydrogen-bond acceptors (Lipinski definition) is 1. The molecule has 1 aliphatic carbocycles. The molecule has 1 atom stereocenters. The second-order valence-corrected chi connectivity index (χ2v) is 9.63. The summed E-state index contributed by atoms with van der Waals surface area (Å²) in [5.74, 6) is 0. The Kier molecular flexibility index (Phi) is 6.69. The number of hydrogen-bond donors (Lipinski definition) is 1. The maximum absolute atomic E-state index is 14.1. The maximum Gasteiger partial charge on any atom is 0.416 e. The molecule has 2 fully saturated rings. The molecule has 0 radical (unpaired) electrons. The lowest BCUT2D eigenvalue weighted by molar-refractivity contribution is -0.171. The molecule has 0 unspecified atom stereocenters. The Hall–Kier alpha value is -2.92. The molecule has 1 saturated carbocycles. The Morgan fingerprint density at radius 1 is 0.811 bits per heavy atom. The summed E-state index contributed by atoms with van der Waals surface area (Å²) in [6, 6.07) is 7.02. The highest BCUT2D eigenvalue weighted by molar-refractivity contribution is 5.90. The summed E-state index contributed by atoms with van der Waals surface area (Å²) in [5, 5.41) is 2.05. The number of nitrogens with zero attached hydrogens (tertiary/aromatic N) is 1. The molecule has 12 heteroatoms. The summed E-state index contributed by atoms with van der Waals surface area (Å²) in [4.78, 5) is 14.4. The van der Waals surface area contributed by atoms with Gasteiger partial charge in [0, 0.05) is 12.2 Å². The lowest BCUT2D eigenvalue weighted by Gasteiger charge is -2.49. The summed E-state index contributed by atoms with van der Waals surface area (Å²) in [6.45, 7) is -0.137. The first-order valence-electron chi connectivity index (χ1n) is 11.6. The zero-order valence-corrected chi connectivity index (χ0v) is 19.3. The van der Waals surface area contributed by atoms with E-state index in [9.17, 15) is 44.3 Å². The number of benzene rings is 2. The van der Waals surface area contributed by atoms with Gasteiger partial charge in [0.15, 0.2) is 0 Å². The van der Waals surface area contributed by atoms with Crippen LogP contribution in [0.25, 0.3) is 0 Å². The summed E-state index contributed by atoms with van der Waals surface area (Å²) in [7, 11) is 0. The average Bonchev–Trinajstić information content (AvgIpc) is 3.38. The second kappa shape index (κ2) is 9.13. The van der Waals surface area contributed by atoms with Crippen molar-refractivity contribution < 1.29 is 44.3 Å². The zero-order chi connectivity index (χ0) is 27.3. The van der Waals surface area contributed by atoms with Crippen molar-refractivity contribution >= 4 is 11.7 Å². The van der Waals surface area contributed by atoms with Crippen LogP contribution in [0.3, 0.4) is 0 Å². The van der Waals surface area contributed by atoms with Crippen molar-refractivity contribution in [2.45, 2.75) is 62.6 Å². The van der Waals surface area contributed by atoms with Crippen molar-refractivity contribution in [2.24, 2.45) is 5.41 Å². The van der Waals surface area contributed by atoms with Gasteiger partial charge < -0.3 is 10.2 Å². The van der Waals surface area contributed by atoms with Crippen LogP contribution in [0.1, 0.15) is 55.2 Å². The maximum atomic E-state index is 14.1. The molecule has 2 aliphatic rings. The Labute approximate surface area is 206 Å². The van der Waals surface area contributed by atoms with Gasteiger partial charge >= 0.3 is 24.6 Å². The van der Waals surface area contributed by atoms with Gasteiger partial charge in [0.2, 0.25) is 0 Å². The number of halogens is 9. The van der Waals surface area contributed by atoms with Gasteiger partial charge in [0.05, 0.1) is 23.1 Å². The molecule has 2 aromatic carbocycles. The highest BCUT2D eigenvalue weighted by atomic mass is 19.4. The number of anilines is 1. The van der Waals surface area contributed by atoms with Gasteiger partial charge in [-0.05, 0) is 48.4 Å². The fraction of sp³-hybridized carbons (Fsp3) is 0.480. The Balaban J connectivity index is 1.81. The summed E-state index contributed by atoms with van der Waals surface area (Å²) >= 11 is 0. The van der Waals surface area contributed by atoms with Crippen LogP contribution in [0.2, 0.25) is 0 Å². The predicted molar refractivity (Wildman–Crippen MR) is 116 cm³/mol. The number of rotatable bonds is 3. The van der Waals surface area contributed by atoms with Gasteiger partial charge in [-0.25, -0.2) is 4.79 Å². The Morgan fingerprint density at radius 3 is 1.84 bits per heavy atom. The molecular weight excluding hydrogens is 515 g/mol. The molecule has 202 valence electrons. The predicted octanol–water partition coefficient (Wildman–Crippen LogP) is 8.37. The van der Waals surface area contributed by atoms with Gasteiger partial charge in [-0.2, -0.15) is 39.5 Å². The standard InChI is InChI=1S/C25H23F9N2O/c26-23(27,28)15-22(16-6-2-1-3-7-16)21(8-4-5-9-21)10-11-36(22)20(37)35-19-13-17(24(29,30)31)12-18(14-19)25(32,33)34/h1-3,6-7,12-14H,4-5,8-11,15H2,(H,35,37)/t22-/m1/s1. The van der Waals surface area contributed by atoms with Crippen molar-refractivity contribution in [2.75, 3.05) is 11.9 Å². The fourth-order valence-corrected chi connectivity index (χ4v) is 6.07. The molecule has 3 nitrogen and oxygen atoms in total. The first kappa shape index (κ1) is 27.1. The number of carbonyl (C=O) groups excluding carboxylic acids is 1. The monoisotopic (exact) mass is 538 g/mol. The van der Waals surface area contributed by atoms with Crippen LogP contribution in [-0.2, 0) is 17.9 Å². The first-order chi connectivity index (χ1) is 17.1. The van der Waals surface area contributed by atoms with E-state index < -0.39 is 58.7 Å². The van der Waals surface area contributed by atoms with Crippen molar-refractivity contribution in [1.82, 2.24) is 4.90 Å². The van der Waals surface area contributed by atoms with E-state index in [-0.39, 0.29) is 24.6 Å². The summed E-state index contributed by atoms with van der Waals surface area (Å²) in [5.41, 5.74) is -6.68. The molecule has 2 amide bonds. The van der Waals surface area contributed by atoms with E-state index in [1.807, 2.05) is 5.32 Å². The minimum absolute atomic E-state index is 0.0864. The molecule has 2 aromatic rings. The van der Waals surface area contributed by atoms with Crippen molar-refractivity contribution in [3.8, 4) is 0 Å². The first-order valence-corrected chi connectivity index (χ1v) is 11.6. The van der Waals surface area contributed by atoms with Crippen molar-refractivity contribution in [3.05, 3.63) is 65.2 Å². The number of likely N-dealkylation sites (tertiary alicyclic amines) is 1. The summed E-state index contributed by atoms with van der Waals surface area (Å²) < 4.78 is 122. The molecule has 4 rings (SSSR count). The zero-order valence-electron chi connectivity index (χ0n) is 19.3. The molecule has 0 bridgehead atoms. The third-order valence-electron chi connectivity index (χ3n) is 7.50. The molecule has 1 saturated heterocycles. The van der Waals surface area contributed by atoms with Gasteiger partial charge in [-0.1, -0.05) is 43.2 Å². The molecule has 0 aromatic heterocycles. The average molecular weight is 538 g/mol. The van der Waals surface area contributed by atoms with Gasteiger partial charge in [-0.3, -0.25) is 0 Å². The van der Waals surface area contributed by atoms with Crippen molar-refractivity contribution in [1.29, 1.82) is 0 Å². The number of urea groups is 1. The van der Waals surface area contributed by atoms with Gasteiger partial charge in [0.25, 0.3) is 0 Å². The molecule has 1 N–H and O–H groups in total. The van der Waals surface area contributed by atoms with E-state index in [0.29, 0.717) is 37.8 Å². The van der Waals surface area contributed by atoms with E-state index in [4.69, 9.17) is 0 Å². The quantitative estimate of drug-likeness (QED) is 0.392. The minimum Gasteiger partial charge on any atom is -0.314 e. The van der Waals surface area contributed by atoms with E-state index in [1.54, 1.807) is 6.07 Å². The van der Waals surface area contributed by atoms with Gasteiger partial charge in [-0.15, -0.1) is 0 Å². The fourth-order valence-electron chi connectivity index (χ4n) is 6.07. The third kappa shape index (κ3) is 5.11. The Bertz CT molecular complexity index is 1100. The van der Waals surface area contributed by atoms with E-state index in [0.717, 1.165) is 4.90 Å². The normalized spacial score (nSPS) is 22.0. The van der Waals surface area contributed by atoms with Gasteiger partial charge in [0.1, 0.15) is 0 Å². The van der Waals surface area contributed by atoms with Crippen LogP contribution >= 0.6 is 0 Å². The molecule has 1 aliphatic heterocycles. The van der Waals surface area contributed by atoms with Crippen LogP contribution < -0.4 is 5.32 Å². The third-order valence-corrected chi connectivity index (χ3v) is 7.50. The molecule has 1 heterocycles. The highest BCUT2D eigenvalue weighted by Crippen LogP contribution is 2.63. The SMILES string of the molecule is O=C(Nc1cc(C(F)(F)F)cc(C(F)(F)F)c1)N1CCC2(CCCC2)[C@@]1(CC(F)(F)F)c1ccccc1. The number of alkyl halides is 9. The molecule has 1 spiro atoms. The largest absolute Gasteiger partial charge is 0.416 e. The lowest BCUT2D eigenvalue weighted by atomic mass is 9.63. The smallest absolute Gasteiger partial charge is 0.314 e. The van der Waals surface area contributed by atoms with Crippen molar-refractivity contribution in [3.63, 3.8) is 0 Å². The highest BCUT2D eigenvalue weighted by Gasteiger charge is 2.65. The van der Waals surface area contributed by atoms with E-state index in [2.05, 4.69) is 0 Å². The van der Waals surface area contributed by atoms with Crippen LogP contribution in [0.4, 0.5) is 50.0 Å². The van der Waals surface area contributed by atoms with E-state index >= 15 is 0 Å². The second-order valence-electron chi connectivity index (χ2n) is 9.63. The number of amides is 2. The van der Waals surface area contributed by atoms with Crippen LogP contribution in [-0.4, -0.2) is 23.7 Å². The lowest BCUT2D eigenvalue weighted by Crippen LogP contribution is -2.55. The Morgan fingerprint density at radius 2 is 1.35 bits per heavy atom. The van der Waals surface area contributed by atoms with Crippen LogP contribution in [0, 0.1) is 5.41 Å². The topological polar surface area (TPSA) is 32.3 Å². The minimum atomic E-state index is -5.15. The molecular formula is C25H23F9N2O. The van der Waals surface area contributed by atoms with Crippen LogP contribution in [0.5, 0.6) is 0 Å². The van der Waals surface area contributed by atoms with E-state index in [1.165, 1.54) is 24.3 Å². The van der Waals surface area contributed by atoms with Crippen LogP contribution in [0.15, 0.2) is 48.5 Å². The number of carbonyl (C=O) groups is 1. The molecule has 37 heavy (non-hydrogen) atoms. The summed E-state index contributed by atoms with van der Waals surface area (Å²) in [6.07, 6.45) is -14.1. The number of nitrogens with one attached hydrogen (secondary N) is 1.